The van der Waals surface area contributed by atoms with Gasteiger partial charge in [0, 0.05) is 54.0 Å². The molecule has 0 atom stereocenters. The molecule has 0 radical (unpaired) electrons. The van der Waals surface area contributed by atoms with Crippen LogP contribution in [0.5, 0.6) is 5.75 Å². The molecule has 2 aromatic carbocycles. The maximum atomic E-state index is 13.0. The van der Waals surface area contributed by atoms with E-state index in [1.807, 2.05) is 51.2 Å². The van der Waals surface area contributed by atoms with Crippen molar-refractivity contribution in [2.75, 3.05) is 32.8 Å². The molecule has 1 aliphatic heterocycles. The molecule has 7 nitrogen and oxygen atoms in total. The van der Waals surface area contributed by atoms with E-state index in [4.69, 9.17) is 21.3 Å². The first-order valence-electron chi connectivity index (χ1n) is 11.0. The van der Waals surface area contributed by atoms with E-state index in [9.17, 15) is 9.59 Å². The van der Waals surface area contributed by atoms with Crippen LogP contribution in [0.4, 0.5) is 0 Å². The molecule has 0 bridgehead atoms. The predicted molar refractivity (Wildman–Crippen MR) is 132 cm³/mol. The molecule has 9 heteroatoms. The summed E-state index contributed by atoms with van der Waals surface area (Å²) in [5.41, 5.74) is 2.88. The van der Waals surface area contributed by atoms with Crippen LogP contribution in [0.15, 0.2) is 66.2 Å². The first-order valence-corrected chi connectivity index (χ1v) is 12.3. The topological polar surface area (TPSA) is 67.2 Å². The SMILES string of the molecule is O=C(COc1ccc(Cl)cc1)N1CCN(C(=O)Cc2csc3nc(-c4ccccc4)cn23)CC1. The third-order valence-electron chi connectivity index (χ3n) is 5.85. The van der Waals surface area contributed by atoms with Gasteiger partial charge in [0.05, 0.1) is 12.1 Å². The fourth-order valence-electron chi connectivity index (χ4n) is 3.94. The van der Waals surface area contributed by atoms with E-state index in [1.165, 1.54) is 11.3 Å². The summed E-state index contributed by atoms with van der Waals surface area (Å²) in [5.74, 6) is 0.566. The van der Waals surface area contributed by atoms with Gasteiger partial charge in [-0.05, 0) is 24.3 Å². The van der Waals surface area contributed by atoms with Crippen LogP contribution in [0.25, 0.3) is 16.2 Å². The summed E-state index contributed by atoms with van der Waals surface area (Å²) in [7, 11) is 0. The zero-order valence-electron chi connectivity index (χ0n) is 18.4. The molecule has 4 aromatic rings. The largest absolute Gasteiger partial charge is 0.484 e. The van der Waals surface area contributed by atoms with Crippen LogP contribution in [0.3, 0.4) is 0 Å². The van der Waals surface area contributed by atoms with Crippen LogP contribution in [0.1, 0.15) is 5.69 Å². The highest BCUT2D eigenvalue weighted by atomic mass is 35.5. The molecule has 0 aliphatic carbocycles. The number of thiazole rings is 1. The van der Waals surface area contributed by atoms with Crippen molar-refractivity contribution in [2.45, 2.75) is 6.42 Å². The first-order chi connectivity index (χ1) is 16.6. The summed E-state index contributed by atoms with van der Waals surface area (Å²) in [5, 5.41) is 2.61. The Hall–Kier alpha value is -3.36. The highest BCUT2D eigenvalue weighted by molar-refractivity contribution is 7.15. The van der Waals surface area contributed by atoms with E-state index < -0.39 is 0 Å². The molecule has 1 fully saturated rings. The first kappa shape index (κ1) is 22.4. The fraction of sp³-hybridized carbons (Fsp3) is 0.240. The average molecular weight is 495 g/mol. The molecular weight excluding hydrogens is 472 g/mol. The standard InChI is InChI=1S/C25H23ClN4O3S/c26-19-6-8-21(9-7-19)33-16-24(32)29-12-10-28(11-13-29)23(31)14-20-17-34-25-27-22(15-30(20)25)18-4-2-1-3-5-18/h1-9,15,17H,10-14,16H2. The van der Waals surface area contributed by atoms with Gasteiger partial charge in [-0.1, -0.05) is 41.9 Å². The second-order valence-corrected chi connectivity index (χ2v) is 9.33. The summed E-state index contributed by atoms with van der Waals surface area (Å²) in [6, 6.07) is 16.9. The highest BCUT2D eigenvalue weighted by Crippen LogP contribution is 2.24. The molecule has 1 saturated heterocycles. The summed E-state index contributed by atoms with van der Waals surface area (Å²) in [4.78, 5) is 34.6. The van der Waals surface area contributed by atoms with Gasteiger partial charge in [-0.3, -0.25) is 14.0 Å². The van der Waals surface area contributed by atoms with E-state index in [1.54, 1.807) is 29.2 Å². The third-order valence-corrected chi connectivity index (χ3v) is 6.99. The lowest BCUT2D eigenvalue weighted by Crippen LogP contribution is -2.52. The van der Waals surface area contributed by atoms with Crippen LogP contribution < -0.4 is 4.74 Å². The number of imidazole rings is 1. The number of hydrogen-bond donors (Lipinski definition) is 0. The van der Waals surface area contributed by atoms with E-state index in [0.717, 1.165) is 21.9 Å². The molecule has 174 valence electrons. The summed E-state index contributed by atoms with van der Waals surface area (Å²) in [6.07, 6.45) is 2.29. The Bertz CT molecular complexity index is 1290. The molecule has 3 heterocycles. The molecule has 34 heavy (non-hydrogen) atoms. The van der Waals surface area contributed by atoms with Gasteiger partial charge in [-0.25, -0.2) is 4.98 Å². The summed E-state index contributed by atoms with van der Waals surface area (Å²) < 4.78 is 7.56. The monoisotopic (exact) mass is 494 g/mol. The Morgan fingerprint density at radius 3 is 2.32 bits per heavy atom. The van der Waals surface area contributed by atoms with Crippen molar-refractivity contribution in [3.05, 3.63) is 76.9 Å². The predicted octanol–water partition coefficient (Wildman–Crippen LogP) is 4.01. The number of benzene rings is 2. The molecule has 5 rings (SSSR count). The van der Waals surface area contributed by atoms with Gasteiger partial charge in [0.2, 0.25) is 5.91 Å². The maximum absolute atomic E-state index is 13.0. The van der Waals surface area contributed by atoms with Crippen molar-refractivity contribution in [1.29, 1.82) is 0 Å². The zero-order valence-corrected chi connectivity index (χ0v) is 20.0. The molecular formula is C25H23ClN4O3S. The Balaban J connectivity index is 1.15. The van der Waals surface area contributed by atoms with Crippen LogP contribution in [-0.2, 0) is 16.0 Å². The van der Waals surface area contributed by atoms with E-state index >= 15 is 0 Å². The number of rotatable bonds is 6. The number of aromatic nitrogens is 2. The number of halogens is 1. The fourth-order valence-corrected chi connectivity index (χ4v) is 4.94. The number of hydrogen-bond acceptors (Lipinski definition) is 5. The molecule has 0 unspecified atom stereocenters. The lowest BCUT2D eigenvalue weighted by atomic mass is 10.2. The van der Waals surface area contributed by atoms with Crippen molar-refractivity contribution in [3.8, 4) is 17.0 Å². The number of carbonyl (C=O) groups is 2. The molecule has 2 aromatic heterocycles. The van der Waals surface area contributed by atoms with Crippen molar-refractivity contribution in [2.24, 2.45) is 0 Å². The van der Waals surface area contributed by atoms with Gasteiger partial charge in [-0.2, -0.15) is 0 Å². The maximum Gasteiger partial charge on any atom is 0.260 e. The van der Waals surface area contributed by atoms with Gasteiger partial charge in [0.25, 0.3) is 5.91 Å². The number of ether oxygens (including phenoxy) is 1. The third kappa shape index (κ3) is 4.93. The second-order valence-electron chi connectivity index (χ2n) is 8.05. The van der Waals surface area contributed by atoms with Crippen LogP contribution in [0.2, 0.25) is 5.02 Å². The lowest BCUT2D eigenvalue weighted by Gasteiger charge is -2.34. The minimum Gasteiger partial charge on any atom is -0.484 e. The molecule has 2 amide bonds. The minimum atomic E-state index is -0.0894. The van der Waals surface area contributed by atoms with Gasteiger partial charge < -0.3 is 14.5 Å². The quantitative estimate of drug-likeness (QED) is 0.406. The van der Waals surface area contributed by atoms with E-state index in [2.05, 4.69) is 0 Å². The van der Waals surface area contributed by atoms with Crippen molar-refractivity contribution in [3.63, 3.8) is 0 Å². The van der Waals surface area contributed by atoms with Crippen molar-refractivity contribution < 1.29 is 14.3 Å². The Morgan fingerprint density at radius 1 is 0.941 bits per heavy atom. The van der Waals surface area contributed by atoms with Crippen molar-refractivity contribution >= 4 is 39.7 Å². The van der Waals surface area contributed by atoms with E-state index in [0.29, 0.717) is 43.4 Å². The Morgan fingerprint density at radius 2 is 1.62 bits per heavy atom. The Kier molecular flexibility index (Phi) is 6.51. The second kappa shape index (κ2) is 9.87. The normalized spacial score (nSPS) is 13.9. The van der Waals surface area contributed by atoms with E-state index in [-0.39, 0.29) is 18.4 Å². The van der Waals surface area contributed by atoms with Crippen LogP contribution in [0, 0.1) is 0 Å². The number of nitrogens with zero attached hydrogens (tertiary/aromatic N) is 4. The number of carbonyl (C=O) groups excluding carboxylic acids is 2. The molecule has 1 aliphatic rings. The number of amides is 2. The molecule has 0 spiro atoms. The Labute approximate surface area is 206 Å². The van der Waals surface area contributed by atoms with Crippen LogP contribution in [-0.4, -0.2) is 63.8 Å². The van der Waals surface area contributed by atoms with Gasteiger partial charge in [0.15, 0.2) is 11.6 Å². The summed E-state index contributed by atoms with van der Waals surface area (Å²) in [6.45, 7) is 1.98. The molecule has 0 N–H and O–H groups in total. The van der Waals surface area contributed by atoms with Crippen LogP contribution >= 0.6 is 22.9 Å². The number of piperazine rings is 1. The number of fused-ring (bicyclic) bond motifs is 1. The van der Waals surface area contributed by atoms with Gasteiger partial charge in [0.1, 0.15) is 5.75 Å². The highest BCUT2D eigenvalue weighted by Gasteiger charge is 2.25. The average Bonchev–Trinajstić information content (AvgIpc) is 3.46. The summed E-state index contributed by atoms with van der Waals surface area (Å²) >= 11 is 7.40. The zero-order chi connectivity index (χ0) is 23.5. The molecule has 0 saturated carbocycles. The van der Waals surface area contributed by atoms with Gasteiger partial charge >= 0.3 is 0 Å². The smallest absolute Gasteiger partial charge is 0.260 e. The minimum absolute atomic E-state index is 0.0349. The lowest BCUT2D eigenvalue weighted by molar-refractivity contribution is -0.140. The van der Waals surface area contributed by atoms with Gasteiger partial charge in [-0.15, -0.1) is 11.3 Å². The van der Waals surface area contributed by atoms with Crippen molar-refractivity contribution in [1.82, 2.24) is 19.2 Å².